The maximum Gasteiger partial charge on any atom is 0.191 e. The lowest BCUT2D eigenvalue weighted by Crippen LogP contribution is -2.40. The van der Waals surface area contributed by atoms with Crippen LogP contribution in [0.1, 0.15) is 23.6 Å². The van der Waals surface area contributed by atoms with Crippen LogP contribution < -0.4 is 15.4 Å². The third-order valence-electron chi connectivity index (χ3n) is 5.18. The van der Waals surface area contributed by atoms with E-state index in [9.17, 15) is 0 Å². The Hall–Kier alpha value is -2.83. The van der Waals surface area contributed by atoms with E-state index < -0.39 is 0 Å². The van der Waals surface area contributed by atoms with Crippen LogP contribution >= 0.6 is 0 Å². The Kier molecular flexibility index (Phi) is 8.94. The Morgan fingerprint density at radius 2 is 2.00 bits per heavy atom. The lowest BCUT2D eigenvalue weighted by atomic mass is 10.1. The molecule has 1 heterocycles. The minimum absolute atomic E-state index is 0.306. The number of rotatable bonds is 9. The summed E-state index contributed by atoms with van der Waals surface area (Å²) >= 11 is 0. The Labute approximate surface area is 186 Å². The van der Waals surface area contributed by atoms with E-state index in [0.717, 1.165) is 43.5 Å². The van der Waals surface area contributed by atoms with E-state index in [1.807, 2.05) is 18.2 Å². The van der Waals surface area contributed by atoms with Crippen LogP contribution in [0.4, 0.5) is 0 Å². The first-order chi connectivity index (χ1) is 15.2. The maximum absolute atomic E-state index is 5.73. The highest BCUT2D eigenvalue weighted by atomic mass is 16.5. The third-order valence-corrected chi connectivity index (χ3v) is 5.18. The molecule has 0 bridgehead atoms. The van der Waals surface area contributed by atoms with E-state index in [1.54, 1.807) is 13.1 Å². The van der Waals surface area contributed by atoms with Crippen LogP contribution in [0.5, 0.6) is 5.75 Å². The van der Waals surface area contributed by atoms with E-state index in [4.69, 9.17) is 9.47 Å². The van der Waals surface area contributed by atoms with Gasteiger partial charge in [0.2, 0.25) is 0 Å². The van der Waals surface area contributed by atoms with Gasteiger partial charge >= 0.3 is 0 Å². The summed E-state index contributed by atoms with van der Waals surface area (Å²) in [5.41, 5.74) is 3.63. The Morgan fingerprint density at radius 1 is 1.19 bits per heavy atom. The van der Waals surface area contributed by atoms with Crippen LogP contribution in [-0.4, -0.2) is 50.3 Å². The topological polar surface area (TPSA) is 58.1 Å². The first-order valence-corrected chi connectivity index (χ1v) is 10.9. The van der Waals surface area contributed by atoms with Gasteiger partial charge in [-0.2, -0.15) is 0 Å². The first-order valence-electron chi connectivity index (χ1n) is 10.9. The number of nitrogens with zero attached hydrogens (tertiary/aromatic N) is 2. The van der Waals surface area contributed by atoms with Gasteiger partial charge in [0.15, 0.2) is 5.96 Å². The molecule has 0 radical (unpaired) electrons. The summed E-state index contributed by atoms with van der Waals surface area (Å²) in [6, 6.07) is 16.7. The largest absolute Gasteiger partial charge is 0.489 e. The molecule has 3 rings (SSSR count). The summed E-state index contributed by atoms with van der Waals surface area (Å²) in [7, 11) is 1.78. The molecule has 6 nitrogen and oxygen atoms in total. The van der Waals surface area contributed by atoms with E-state index in [2.05, 4.69) is 64.4 Å². The quantitative estimate of drug-likeness (QED) is 0.369. The zero-order valence-electron chi connectivity index (χ0n) is 18.6. The van der Waals surface area contributed by atoms with Crippen molar-refractivity contribution in [2.75, 3.05) is 33.4 Å². The number of nitrogens with one attached hydrogen (secondary N) is 2. The number of morpholine rings is 1. The Morgan fingerprint density at radius 3 is 2.81 bits per heavy atom. The number of guanidine groups is 1. The summed E-state index contributed by atoms with van der Waals surface area (Å²) in [4.78, 5) is 6.80. The molecule has 1 saturated heterocycles. The molecular formula is C25H34N4O2. The predicted molar refractivity (Wildman–Crippen MR) is 126 cm³/mol. The molecule has 1 aliphatic heterocycles. The average molecular weight is 423 g/mol. The van der Waals surface area contributed by atoms with Gasteiger partial charge in [0, 0.05) is 45.3 Å². The van der Waals surface area contributed by atoms with Crippen molar-refractivity contribution in [2.24, 2.45) is 4.99 Å². The molecule has 1 unspecified atom stereocenters. The van der Waals surface area contributed by atoms with Crippen LogP contribution in [0, 0.1) is 0 Å². The summed E-state index contributed by atoms with van der Waals surface area (Å²) in [5.74, 6) is 1.61. The lowest BCUT2D eigenvalue weighted by Gasteiger charge is -2.31. The van der Waals surface area contributed by atoms with Gasteiger partial charge in [0.25, 0.3) is 0 Å². The van der Waals surface area contributed by atoms with Crippen LogP contribution in [0.25, 0.3) is 0 Å². The van der Waals surface area contributed by atoms with Crippen molar-refractivity contribution in [1.82, 2.24) is 15.5 Å². The van der Waals surface area contributed by atoms with Gasteiger partial charge in [0.1, 0.15) is 12.4 Å². The molecule has 0 spiro atoms. The smallest absolute Gasteiger partial charge is 0.191 e. The molecule has 0 saturated carbocycles. The highest BCUT2D eigenvalue weighted by Crippen LogP contribution is 2.17. The molecule has 0 amide bonds. The molecule has 2 aromatic rings. The van der Waals surface area contributed by atoms with Gasteiger partial charge in [-0.1, -0.05) is 55.1 Å². The monoisotopic (exact) mass is 422 g/mol. The fourth-order valence-electron chi connectivity index (χ4n) is 3.66. The highest BCUT2D eigenvalue weighted by molar-refractivity contribution is 5.79. The van der Waals surface area contributed by atoms with E-state index in [1.165, 1.54) is 11.1 Å². The number of para-hydroxylation sites is 1. The Balaban J connectivity index is 1.51. The normalized spacial score (nSPS) is 17.2. The van der Waals surface area contributed by atoms with Crippen molar-refractivity contribution in [3.8, 4) is 5.75 Å². The van der Waals surface area contributed by atoms with Gasteiger partial charge < -0.3 is 20.1 Å². The first kappa shape index (κ1) is 22.8. The fourth-order valence-corrected chi connectivity index (χ4v) is 3.66. The number of hydrogen-bond donors (Lipinski definition) is 2. The number of ether oxygens (including phenoxy) is 2. The second kappa shape index (κ2) is 12.1. The minimum atomic E-state index is 0.306. The van der Waals surface area contributed by atoms with Crippen LogP contribution in [-0.2, 0) is 24.4 Å². The van der Waals surface area contributed by atoms with Gasteiger partial charge in [-0.25, -0.2) is 0 Å². The van der Waals surface area contributed by atoms with Crippen molar-refractivity contribution in [3.63, 3.8) is 0 Å². The number of hydrogen-bond acceptors (Lipinski definition) is 4. The number of benzene rings is 2. The fraction of sp³-hybridized carbons (Fsp3) is 0.400. The standard InChI is InChI=1S/C25H34N4O2/c1-4-13-31-24-11-6-5-10-23(24)17-28-25(26-3)27-16-21-8-7-9-22(15-21)19-29-12-14-30-20(2)18-29/h4-11,15,20H,1,12-14,16-19H2,2-3H3,(H2,26,27,28). The Bertz CT molecular complexity index is 868. The molecule has 2 aromatic carbocycles. The van der Waals surface area contributed by atoms with E-state index >= 15 is 0 Å². The number of aliphatic imine (C=N–C) groups is 1. The molecule has 1 fully saturated rings. The summed E-state index contributed by atoms with van der Waals surface area (Å²) < 4.78 is 11.4. The SMILES string of the molecule is C=CCOc1ccccc1CNC(=NC)NCc1cccc(CN2CCOC(C)C2)c1. The zero-order chi connectivity index (χ0) is 21.9. The van der Waals surface area contributed by atoms with Crippen molar-refractivity contribution >= 4 is 5.96 Å². The molecule has 1 atom stereocenters. The van der Waals surface area contributed by atoms with Crippen LogP contribution in [0.15, 0.2) is 66.2 Å². The van der Waals surface area contributed by atoms with Crippen molar-refractivity contribution in [1.29, 1.82) is 0 Å². The van der Waals surface area contributed by atoms with Crippen molar-refractivity contribution < 1.29 is 9.47 Å². The highest BCUT2D eigenvalue weighted by Gasteiger charge is 2.16. The second-order valence-corrected chi connectivity index (χ2v) is 7.72. The van der Waals surface area contributed by atoms with E-state index in [0.29, 0.717) is 25.8 Å². The van der Waals surface area contributed by atoms with Crippen molar-refractivity contribution in [2.45, 2.75) is 32.7 Å². The molecule has 2 N–H and O–H groups in total. The summed E-state index contributed by atoms with van der Waals surface area (Å²) in [6.45, 7) is 11.4. The van der Waals surface area contributed by atoms with Crippen molar-refractivity contribution in [3.05, 3.63) is 77.9 Å². The molecule has 31 heavy (non-hydrogen) atoms. The van der Waals surface area contributed by atoms with Crippen LogP contribution in [0.3, 0.4) is 0 Å². The van der Waals surface area contributed by atoms with Gasteiger partial charge in [-0.3, -0.25) is 9.89 Å². The van der Waals surface area contributed by atoms with Gasteiger partial charge in [-0.05, 0) is 24.1 Å². The van der Waals surface area contributed by atoms with E-state index in [-0.39, 0.29) is 0 Å². The summed E-state index contributed by atoms with van der Waals surface area (Å²) in [6.07, 6.45) is 2.05. The minimum Gasteiger partial charge on any atom is -0.489 e. The zero-order valence-corrected chi connectivity index (χ0v) is 18.6. The maximum atomic E-state index is 5.73. The molecule has 0 aliphatic carbocycles. The third kappa shape index (κ3) is 7.42. The molecule has 0 aromatic heterocycles. The molecule has 166 valence electrons. The predicted octanol–water partition coefficient (Wildman–Crippen LogP) is 3.34. The van der Waals surface area contributed by atoms with Crippen LogP contribution in [0.2, 0.25) is 0 Å². The van der Waals surface area contributed by atoms with Gasteiger partial charge in [0.05, 0.1) is 12.7 Å². The molecular weight excluding hydrogens is 388 g/mol. The average Bonchev–Trinajstić information content (AvgIpc) is 2.79. The molecule has 6 heteroatoms. The molecule has 1 aliphatic rings. The summed E-state index contributed by atoms with van der Waals surface area (Å²) in [5, 5.41) is 6.77. The van der Waals surface area contributed by atoms with Gasteiger partial charge in [-0.15, -0.1) is 0 Å². The second-order valence-electron chi connectivity index (χ2n) is 7.72. The lowest BCUT2D eigenvalue weighted by molar-refractivity contribution is -0.0212.